The number of carbonyl (C=O) groups excluding carboxylic acids is 1. The molecule has 1 aliphatic heterocycles. The summed E-state index contributed by atoms with van der Waals surface area (Å²) < 4.78 is 7.39. The Bertz CT molecular complexity index is 1340. The van der Waals surface area contributed by atoms with Crippen LogP contribution in [0.15, 0.2) is 58.4 Å². The van der Waals surface area contributed by atoms with E-state index >= 15 is 0 Å². The van der Waals surface area contributed by atoms with Gasteiger partial charge in [-0.25, -0.2) is 4.98 Å². The lowest BCUT2D eigenvalue weighted by Crippen LogP contribution is -2.31. The number of nitrogens with one attached hydrogen (secondary N) is 1. The predicted molar refractivity (Wildman–Crippen MR) is 146 cm³/mol. The molecule has 1 aliphatic rings. The van der Waals surface area contributed by atoms with Crippen LogP contribution in [-0.2, 0) is 9.53 Å². The third-order valence-electron chi connectivity index (χ3n) is 5.74. The maximum atomic E-state index is 13.5. The molecule has 0 bridgehead atoms. The molecule has 1 fully saturated rings. The van der Waals surface area contributed by atoms with Crippen molar-refractivity contribution in [2.75, 3.05) is 25.1 Å². The van der Waals surface area contributed by atoms with Crippen LogP contribution in [0.2, 0.25) is 0 Å². The Morgan fingerprint density at radius 2 is 1.97 bits per heavy atom. The van der Waals surface area contributed by atoms with Crippen molar-refractivity contribution in [3.63, 3.8) is 0 Å². The Balaban J connectivity index is 1.70. The summed E-state index contributed by atoms with van der Waals surface area (Å²) >= 11 is 6.76. The van der Waals surface area contributed by atoms with E-state index in [2.05, 4.69) is 10.3 Å². The van der Waals surface area contributed by atoms with Crippen molar-refractivity contribution in [3.05, 3.63) is 80.6 Å². The number of hydrogen-bond donors (Lipinski definition) is 1. The topological polar surface area (TPSA) is 75.9 Å². The molecule has 182 valence electrons. The van der Waals surface area contributed by atoms with Gasteiger partial charge in [0.1, 0.15) is 15.8 Å². The second-order valence-corrected chi connectivity index (χ2v) is 9.91. The smallest absolute Gasteiger partial charge is 0.267 e. The molecular formula is C26H28N4O3S2. The predicted octanol–water partition coefficient (Wildman–Crippen LogP) is 4.80. The van der Waals surface area contributed by atoms with E-state index in [9.17, 15) is 9.59 Å². The fourth-order valence-corrected chi connectivity index (χ4v) is 5.27. The minimum Gasteiger partial charge on any atom is -0.382 e. The summed E-state index contributed by atoms with van der Waals surface area (Å²) in [5.74, 6) is 0.226. The Morgan fingerprint density at radius 1 is 1.20 bits per heavy atom. The van der Waals surface area contributed by atoms with E-state index < -0.39 is 0 Å². The molecule has 0 aliphatic carbocycles. The third kappa shape index (κ3) is 5.47. The monoisotopic (exact) mass is 508 g/mol. The molecule has 7 nitrogen and oxygen atoms in total. The van der Waals surface area contributed by atoms with Crippen molar-refractivity contribution in [3.8, 4) is 0 Å². The molecule has 3 aromatic rings. The van der Waals surface area contributed by atoms with Crippen molar-refractivity contribution in [1.82, 2.24) is 14.3 Å². The highest BCUT2D eigenvalue weighted by Crippen LogP contribution is 2.38. The Hall–Kier alpha value is -3.01. The number of ether oxygens (including phenoxy) is 1. The average molecular weight is 509 g/mol. The Kier molecular flexibility index (Phi) is 8.00. The zero-order valence-corrected chi connectivity index (χ0v) is 21.6. The summed E-state index contributed by atoms with van der Waals surface area (Å²) in [6.07, 6.45) is 4.13. The largest absolute Gasteiger partial charge is 0.382 e. The first-order chi connectivity index (χ1) is 16.9. The van der Waals surface area contributed by atoms with E-state index in [1.165, 1.54) is 16.2 Å². The van der Waals surface area contributed by atoms with Gasteiger partial charge in [0.05, 0.1) is 16.5 Å². The third-order valence-corrected chi connectivity index (χ3v) is 7.07. The number of aryl methyl sites for hydroxylation is 1. The summed E-state index contributed by atoms with van der Waals surface area (Å²) in [5, 5.41) is 3.26. The van der Waals surface area contributed by atoms with Gasteiger partial charge in [0.15, 0.2) is 0 Å². The van der Waals surface area contributed by atoms with Crippen molar-refractivity contribution >= 4 is 51.7 Å². The van der Waals surface area contributed by atoms with Gasteiger partial charge in [-0.2, -0.15) is 0 Å². The van der Waals surface area contributed by atoms with Gasteiger partial charge in [-0.1, -0.05) is 60.4 Å². The molecule has 3 heterocycles. The summed E-state index contributed by atoms with van der Waals surface area (Å²) in [5.41, 5.74) is 2.55. The molecule has 0 spiro atoms. The number of thiocarbonyl (C=S) groups is 1. The zero-order valence-electron chi connectivity index (χ0n) is 20.0. The molecule has 1 saturated heterocycles. The van der Waals surface area contributed by atoms with Crippen LogP contribution >= 0.6 is 24.0 Å². The highest BCUT2D eigenvalue weighted by Gasteiger charge is 2.36. The second-order valence-electron chi connectivity index (χ2n) is 8.23. The molecule has 4 rings (SSSR count). The van der Waals surface area contributed by atoms with E-state index in [1.807, 2.05) is 63.2 Å². The van der Waals surface area contributed by atoms with Crippen molar-refractivity contribution in [1.29, 1.82) is 0 Å². The first-order valence-corrected chi connectivity index (χ1v) is 12.8. The molecule has 1 amide bonds. The highest BCUT2D eigenvalue weighted by atomic mass is 32.2. The van der Waals surface area contributed by atoms with Gasteiger partial charge in [-0.3, -0.25) is 18.9 Å². The van der Waals surface area contributed by atoms with Crippen molar-refractivity contribution < 1.29 is 9.53 Å². The summed E-state index contributed by atoms with van der Waals surface area (Å²) in [4.78, 5) is 33.6. The van der Waals surface area contributed by atoms with E-state index in [1.54, 1.807) is 17.2 Å². The van der Waals surface area contributed by atoms with Gasteiger partial charge in [0, 0.05) is 26.0 Å². The number of thioether (sulfide) groups is 1. The fourth-order valence-electron chi connectivity index (χ4n) is 3.87. The zero-order chi connectivity index (χ0) is 24.9. The van der Waals surface area contributed by atoms with E-state index in [-0.39, 0.29) is 17.5 Å². The number of hydrogen-bond acceptors (Lipinski definition) is 7. The molecule has 9 heteroatoms. The number of rotatable bonds is 9. The summed E-state index contributed by atoms with van der Waals surface area (Å²) in [7, 11) is 0. The SMILES string of the molecule is CCOCCCNc1nc2ccc(C)cn2c(=O)c1C=C1SC(=S)N(C(C)c2ccccc2)C1=O. The van der Waals surface area contributed by atoms with Gasteiger partial charge in [-0.15, -0.1) is 0 Å². The number of anilines is 1. The lowest BCUT2D eigenvalue weighted by atomic mass is 10.1. The minimum atomic E-state index is -0.243. The van der Waals surface area contributed by atoms with Crippen LogP contribution in [-0.4, -0.2) is 44.3 Å². The number of pyridine rings is 1. The molecule has 0 radical (unpaired) electrons. The lowest BCUT2D eigenvalue weighted by molar-refractivity contribution is -0.123. The van der Waals surface area contributed by atoms with E-state index in [0.29, 0.717) is 46.0 Å². The number of benzene rings is 1. The van der Waals surface area contributed by atoms with Crippen LogP contribution in [0.3, 0.4) is 0 Å². The first-order valence-electron chi connectivity index (χ1n) is 11.6. The maximum Gasteiger partial charge on any atom is 0.267 e. The lowest BCUT2D eigenvalue weighted by Gasteiger charge is -2.23. The van der Waals surface area contributed by atoms with Gasteiger partial charge in [-0.05, 0) is 50.5 Å². The number of carbonyl (C=O) groups is 1. The van der Waals surface area contributed by atoms with Gasteiger partial charge in [0.2, 0.25) is 0 Å². The van der Waals surface area contributed by atoms with E-state index in [0.717, 1.165) is 17.5 Å². The van der Waals surface area contributed by atoms with Gasteiger partial charge >= 0.3 is 0 Å². The van der Waals surface area contributed by atoms with Crippen molar-refractivity contribution in [2.24, 2.45) is 0 Å². The summed E-state index contributed by atoms with van der Waals surface area (Å²) in [6, 6.07) is 13.3. The van der Waals surface area contributed by atoms with Gasteiger partial charge < -0.3 is 10.1 Å². The molecule has 2 aromatic heterocycles. The molecule has 1 aromatic carbocycles. The quantitative estimate of drug-likeness (QED) is 0.253. The fraction of sp³-hybridized carbons (Fsp3) is 0.308. The Morgan fingerprint density at radius 3 is 2.71 bits per heavy atom. The van der Waals surface area contributed by atoms with Crippen LogP contribution in [0.4, 0.5) is 5.82 Å². The van der Waals surface area contributed by atoms with E-state index in [4.69, 9.17) is 17.0 Å². The summed E-state index contributed by atoms with van der Waals surface area (Å²) in [6.45, 7) is 7.67. The highest BCUT2D eigenvalue weighted by molar-refractivity contribution is 8.26. The molecule has 1 unspecified atom stereocenters. The minimum absolute atomic E-state index is 0.215. The average Bonchev–Trinajstić information content (AvgIpc) is 3.14. The van der Waals surface area contributed by atoms with Crippen LogP contribution in [0.1, 0.15) is 43.0 Å². The van der Waals surface area contributed by atoms with Gasteiger partial charge in [0.25, 0.3) is 11.5 Å². The molecule has 35 heavy (non-hydrogen) atoms. The molecule has 1 atom stereocenters. The van der Waals surface area contributed by atoms with Crippen LogP contribution in [0, 0.1) is 6.92 Å². The first kappa shape index (κ1) is 25.1. The second kappa shape index (κ2) is 11.2. The normalized spacial score (nSPS) is 15.9. The number of aromatic nitrogens is 2. The number of amides is 1. The van der Waals surface area contributed by atoms with Crippen LogP contribution < -0.4 is 10.9 Å². The van der Waals surface area contributed by atoms with Crippen molar-refractivity contribution in [2.45, 2.75) is 33.2 Å². The van der Waals surface area contributed by atoms with Crippen LogP contribution in [0.25, 0.3) is 11.7 Å². The Labute approximate surface area is 214 Å². The standard InChI is InChI=1S/C26H28N4O3S2/c1-4-33-14-8-13-27-23-20(24(31)29-16-17(2)11-12-22(29)28-23)15-21-25(32)30(26(34)35-21)18(3)19-9-6-5-7-10-19/h5-7,9-12,15-16,18,27H,4,8,13-14H2,1-3H3. The number of nitrogens with zero attached hydrogens (tertiary/aromatic N) is 3. The maximum absolute atomic E-state index is 13.5. The molecular weight excluding hydrogens is 480 g/mol. The molecule has 1 N–H and O–H groups in total. The number of fused-ring (bicyclic) bond motifs is 1. The molecule has 0 saturated carbocycles. The van der Waals surface area contributed by atoms with Crippen LogP contribution in [0.5, 0.6) is 0 Å².